The van der Waals surface area contributed by atoms with Crippen molar-refractivity contribution >= 4 is 29.1 Å². The Morgan fingerprint density at radius 1 is 1.68 bits per heavy atom. The molecule has 0 bridgehead atoms. The Balaban J connectivity index is 2.80. The van der Waals surface area contributed by atoms with Crippen molar-refractivity contribution in [2.75, 3.05) is 16.8 Å². The van der Waals surface area contributed by atoms with Gasteiger partial charge in [-0.3, -0.25) is 4.79 Å². The minimum Gasteiger partial charge on any atom is -0.377 e. The Morgan fingerprint density at radius 3 is 3.05 bits per heavy atom. The Morgan fingerprint density at radius 2 is 2.42 bits per heavy atom. The number of halogens is 1. The average Bonchev–Trinajstić information content (AvgIpc) is 2.38. The van der Waals surface area contributed by atoms with Crippen molar-refractivity contribution in [2.24, 2.45) is 0 Å². The van der Waals surface area contributed by atoms with Gasteiger partial charge >= 0.3 is 0 Å². The molecule has 1 unspecified atom stereocenters. The molecule has 0 spiro atoms. The summed E-state index contributed by atoms with van der Waals surface area (Å²) in [5.41, 5.74) is 0.0985. The number of hydrogen-bond acceptors (Lipinski definition) is 4. The molecular weight excluding hydrogens is 282 g/mol. The number of nitrogens with one attached hydrogen (secondary N) is 1. The van der Waals surface area contributed by atoms with Gasteiger partial charge < -0.3 is 5.32 Å². The van der Waals surface area contributed by atoms with E-state index in [2.05, 4.69) is 23.3 Å². The maximum absolute atomic E-state index is 12.1. The van der Waals surface area contributed by atoms with Crippen LogP contribution in [0.15, 0.2) is 11.0 Å². The molecule has 0 fully saturated rings. The molecule has 0 saturated heterocycles. The Labute approximate surface area is 122 Å². The fraction of sp³-hybridized carbons (Fsp3) is 0.538. The number of terminal acetylenes is 1. The van der Waals surface area contributed by atoms with E-state index in [1.54, 1.807) is 0 Å². The van der Waals surface area contributed by atoms with E-state index < -0.39 is 0 Å². The molecule has 0 aliphatic carbocycles. The zero-order valence-corrected chi connectivity index (χ0v) is 12.7. The molecule has 0 aliphatic heterocycles. The molecule has 19 heavy (non-hydrogen) atoms. The third-order valence-electron chi connectivity index (χ3n) is 2.53. The Kier molecular flexibility index (Phi) is 6.82. The van der Waals surface area contributed by atoms with Gasteiger partial charge in [-0.15, -0.1) is 6.42 Å². The normalized spacial score (nSPS) is 11.9. The molecule has 1 rings (SSSR count). The third-order valence-corrected chi connectivity index (χ3v) is 3.75. The minimum absolute atomic E-state index is 0.144. The number of thioether (sulfide) groups is 1. The van der Waals surface area contributed by atoms with E-state index in [1.807, 2.05) is 18.7 Å². The van der Waals surface area contributed by atoms with Gasteiger partial charge in [0.15, 0.2) is 0 Å². The maximum Gasteiger partial charge on any atom is 0.292 e. The molecule has 4 nitrogen and oxygen atoms in total. The molecule has 6 heteroatoms. The first kappa shape index (κ1) is 15.9. The number of aromatic nitrogens is 2. The highest BCUT2D eigenvalue weighted by molar-refractivity contribution is 7.99. The number of nitrogens with zero attached hydrogens (tertiary/aromatic N) is 2. The highest BCUT2D eigenvalue weighted by Crippen LogP contribution is 2.17. The van der Waals surface area contributed by atoms with Crippen LogP contribution < -0.4 is 10.9 Å². The first-order valence-electron chi connectivity index (χ1n) is 6.13. The van der Waals surface area contributed by atoms with Crippen LogP contribution >= 0.6 is 23.4 Å². The van der Waals surface area contributed by atoms with Crippen molar-refractivity contribution in [1.29, 1.82) is 0 Å². The quantitative estimate of drug-likeness (QED) is 0.621. The van der Waals surface area contributed by atoms with Crippen LogP contribution in [-0.4, -0.2) is 27.3 Å². The lowest BCUT2D eigenvalue weighted by atomic mass is 10.2. The van der Waals surface area contributed by atoms with Gasteiger partial charge in [-0.1, -0.05) is 24.4 Å². The molecule has 1 aromatic heterocycles. The van der Waals surface area contributed by atoms with Gasteiger partial charge in [0.25, 0.3) is 5.56 Å². The SMILES string of the molecule is C#CCn1ncc(Cl)c(NC(C)CCSCC)c1=O. The van der Waals surface area contributed by atoms with Crippen LogP contribution in [0.4, 0.5) is 5.69 Å². The van der Waals surface area contributed by atoms with E-state index in [1.165, 1.54) is 10.9 Å². The average molecular weight is 300 g/mol. The van der Waals surface area contributed by atoms with Gasteiger partial charge in [0.05, 0.1) is 11.2 Å². The second-order valence-electron chi connectivity index (χ2n) is 4.07. The minimum atomic E-state index is -0.277. The molecule has 1 aromatic rings. The summed E-state index contributed by atoms with van der Waals surface area (Å²) >= 11 is 7.88. The fourth-order valence-electron chi connectivity index (χ4n) is 1.52. The summed E-state index contributed by atoms with van der Waals surface area (Å²) in [7, 11) is 0. The van der Waals surface area contributed by atoms with Crippen LogP contribution in [0.25, 0.3) is 0 Å². The fourth-order valence-corrected chi connectivity index (χ4v) is 2.51. The summed E-state index contributed by atoms with van der Waals surface area (Å²) in [6.45, 7) is 4.30. The van der Waals surface area contributed by atoms with Gasteiger partial charge in [0.1, 0.15) is 12.2 Å². The maximum atomic E-state index is 12.1. The zero-order chi connectivity index (χ0) is 14.3. The highest BCUT2D eigenvalue weighted by atomic mass is 35.5. The monoisotopic (exact) mass is 299 g/mol. The van der Waals surface area contributed by atoms with Crippen molar-refractivity contribution in [2.45, 2.75) is 32.9 Å². The van der Waals surface area contributed by atoms with Crippen molar-refractivity contribution in [3.8, 4) is 12.3 Å². The largest absolute Gasteiger partial charge is 0.377 e. The van der Waals surface area contributed by atoms with Gasteiger partial charge in [-0.05, 0) is 24.9 Å². The lowest BCUT2D eigenvalue weighted by molar-refractivity contribution is 0.660. The molecule has 0 saturated carbocycles. The van der Waals surface area contributed by atoms with Crippen LogP contribution in [0.2, 0.25) is 5.02 Å². The molecule has 0 radical (unpaired) electrons. The van der Waals surface area contributed by atoms with Gasteiger partial charge in [-0.2, -0.15) is 16.9 Å². The second kappa shape index (κ2) is 8.13. The first-order chi connectivity index (χ1) is 9.10. The third kappa shape index (κ3) is 4.81. The van der Waals surface area contributed by atoms with Crippen molar-refractivity contribution in [3.63, 3.8) is 0 Å². The predicted molar refractivity (Wildman–Crippen MR) is 83.0 cm³/mol. The predicted octanol–water partition coefficient (Wildman–Crippen LogP) is 2.47. The molecule has 0 aromatic carbocycles. The van der Waals surface area contributed by atoms with Crippen LogP contribution in [0.5, 0.6) is 0 Å². The number of rotatable bonds is 7. The zero-order valence-electron chi connectivity index (χ0n) is 11.1. The highest BCUT2D eigenvalue weighted by Gasteiger charge is 2.12. The van der Waals surface area contributed by atoms with Crippen LogP contribution in [0, 0.1) is 12.3 Å². The van der Waals surface area contributed by atoms with E-state index >= 15 is 0 Å². The summed E-state index contributed by atoms with van der Waals surface area (Å²) < 4.78 is 1.22. The molecule has 0 amide bonds. The van der Waals surface area contributed by atoms with Crippen LogP contribution in [-0.2, 0) is 6.54 Å². The van der Waals surface area contributed by atoms with Gasteiger partial charge in [-0.25, -0.2) is 4.68 Å². The van der Waals surface area contributed by atoms with Crippen molar-refractivity contribution in [3.05, 3.63) is 21.6 Å². The number of hydrogen-bond donors (Lipinski definition) is 1. The van der Waals surface area contributed by atoms with Gasteiger partial charge in [0.2, 0.25) is 0 Å². The molecule has 1 heterocycles. The van der Waals surface area contributed by atoms with Crippen molar-refractivity contribution < 1.29 is 0 Å². The van der Waals surface area contributed by atoms with Gasteiger partial charge in [0, 0.05) is 6.04 Å². The lowest BCUT2D eigenvalue weighted by Gasteiger charge is -2.15. The van der Waals surface area contributed by atoms with E-state index in [9.17, 15) is 4.79 Å². The van der Waals surface area contributed by atoms with Crippen molar-refractivity contribution in [1.82, 2.24) is 9.78 Å². The Bertz CT molecular complexity index is 510. The molecule has 0 aliphatic rings. The summed E-state index contributed by atoms with van der Waals surface area (Å²) in [5.74, 6) is 4.54. The molecule has 104 valence electrons. The molecule has 1 N–H and O–H groups in total. The summed E-state index contributed by atoms with van der Waals surface area (Å²) in [6.07, 6.45) is 7.60. The van der Waals surface area contributed by atoms with E-state index in [-0.39, 0.29) is 18.1 Å². The summed E-state index contributed by atoms with van der Waals surface area (Å²) in [6, 6.07) is 0.172. The van der Waals surface area contributed by atoms with E-state index in [4.69, 9.17) is 18.0 Å². The van der Waals surface area contributed by atoms with E-state index in [0.717, 1.165) is 17.9 Å². The Hall–Kier alpha value is -1.12. The summed E-state index contributed by atoms with van der Waals surface area (Å²) in [4.78, 5) is 12.1. The second-order valence-corrected chi connectivity index (χ2v) is 5.87. The standard InChI is InChI=1S/C13H18ClN3OS/c1-4-7-17-13(18)12(11(14)9-15-17)16-10(3)6-8-19-5-2/h1,9-10,16H,5-8H2,2-3H3. The number of anilines is 1. The lowest BCUT2D eigenvalue weighted by Crippen LogP contribution is -2.29. The van der Waals surface area contributed by atoms with Crippen LogP contribution in [0.3, 0.4) is 0 Å². The van der Waals surface area contributed by atoms with E-state index in [0.29, 0.717) is 10.7 Å². The summed E-state index contributed by atoms with van der Waals surface area (Å²) in [5, 5.41) is 7.37. The smallest absolute Gasteiger partial charge is 0.292 e. The molecule has 1 atom stereocenters. The van der Waals surface area contributed by atoms with Crippen LogP contribution in [0.1, 0.15) is 20.3 Å². The topological polar surface area (TPSA) is 46.9 Å². The molecular formula is C13H18ClN3OS. The first-order valence-corrected chi connectivity index (χ1v) is 7.66.